The number of para-hydroxylation sites is 3. The summed E-state index contributed by atoms with van der Waals surface area (Å²) in [6.45, 7) is 21.0. The highest BCUT2D eigenvalue weighted by Gasteiger charge is 2.46. The minimum absolute atomic E-state index is 0.157. The Labute approximate surface area is 630 Å². The maximum absolute atomic E-state index is 2.71. The zero-order chi connectivity index (χ0) is 72.9. The Hall–Kier alpha value is -12.4. The molecule has 18 rings (SSSR count). The highest BCUT2D eigenvalue weighted by atomic mass is 15.2. The number of fused-ring (bicyclic) bond motifs is 7. The summed E-state index contributed by atoms with van der Waals surface area (Å²) < 4.78 is 2.41. The average molecular weight is 1380 g/mol. The largest absolute Gasteiger partial charge is 0.311 e. The van der Waals surface area contributed by atoms with E-state index in [-0.39, 0.29) is 23.0 Å². The molecule has 0 amide bonds. The number of nitrogens with zero attached hydrogens (tertiary/aromatic N) is 4. The summed E-state index contributed by atoms with van der Waals surface area (Å²) in [6, 6.07) is 133. The normalized spacial score (nSPS) is 12.7. The lowest BCUT2D eigenvalue weighted by molar-refractivity contribution is 0.569. The topological polar surface area (TPSA) is 14.7 Å². The second kappa shape index (κ2) is 26.3. The summed E-state index contributed by atoms with van der Waals surface area (Å²) in [6.07, 6.45) is 0. The number of hydrogen-bond donors (Lipinski definition) is 0. The molecular formula is C102H85BN4. The molecule has 0 spiro atoms. The molecule has 107 heavy (non-hydrogen) atoms. The van der Waals surface area contributed by atoms with E-state index in [0.717, 1.165) is 107 Å². The molecule has 2 aliphatic rings. The van der Waals surface area contributed by atoms with Crippen molar-refractivity contribution < 1.29 is 0 Å². The summed E-state index contributed by atoms with van der Waals surface area (Å²) in [4.78, 5) is 7.82. The van der Waals surface area contributed by atoms with E-state index in [1.54, 1.807) is 0 Å². The van der Waals surface area contributed by atoms with Gasteiger partial charge < -0.3 is 19.3 Å². The van der Waals surface area contributed by atoms with Crippen molar-refractivity contribution in [3.05, 3.63) is 369 Å². The summed E-state index contributed by atoms with van der Waals surface area (Å²) in [5, 5.41) is 2.48. The van der Waals surface area contributed by atoms with Crippen LogP contribution in [0.2, 0.25) is 0 Å². The van der Waals surface area contributed by atoms with E-state index >= 15 is 0 Å². The Morgan fingerprint density at radius 1 is 0.252 bits per heavy atom. The average Bonchev–Trinajstić information content (AvgIpc) is 1.14. The molecule has 3 heterocycles. The number of hydrogen-bond acceptors (Lipinski definition) is 3. The Kier molecular flexibility index (Phi) is 16.4. The van der Waals surface area contributed by atoms with Gasteiger partial charge in [-0.15, -0.1) is 0 Å². The maximum atomic E-state index is 2.71. The lowest BCUT2D eigenvalue weighted by Gasteiger charge is -2.46. The molecule has 0 aliphatic carbocycles. The summed E-state index contributed by atoms with van der Waals surface area (Å²) in [5.41, 5.74) is 34.2. The first kappa shape index (κ1) is 66.5. The quantitative estimate of drug-likeness (QED) is 0.113. The van der Waals surface area contributed by atoms with Gasteiger partial charge in [-0.25, -0.2) is 0 Å². The van der Waals surface area contributed by atoms with Gasteiger partial charge in [-0.05, 0) is 214 Å². The molecule has 0 saturated carbocycles. The Morgan fingerprint density at radius 2 is 0.626 bits per heavy atom. The fraction of sp³-hybridized carbons (Fsp3) is 0.118. The van der Waals surface area contributed by atoms with E-state index in [1.807, 2.05) is 0 Å². The van der Waals surface area contributed by atoms with Gasteiger partial charge in [-0.2, -0.15) is 0 Å². The zero-order valence-corrected chi connectivity index (χ0v) is 62.4. The van der Waals surface area contributed by atoms with Crippen molar-refractivity contribution in [2.75, 3.05) is 14.7 Å². The van der Waals surface area contributed by atoms with Crippen LogP contribution in [0.1, 0.15) is 79.0 Å². The van der Waals surface area contributed by atoms with Crippen LogP contribution in [0.3, 0.4) is 0 Å². The van der Waals surface area contributed by atoms with Gasteiger partial charge in [0.2, 0.25) is 0 Å². The SMILES string of the molecule is CC(C)(C)c1cc(-c2cc3c4c(c2)N(c2c(-c5ccccc5)cc(C(C)(C)C)cc2-c2ccccc2)c2cc(-c5ccccc5)ccc2B4c2ccc(N(c4ccccc4)c4ccc(-n5c6ccccc6c6ccccc65)cc4)cc2N3c2cc(-c3ccccc3)cc(-c3ccccc3)c2)cc(C(C)(C)C)c1. The molecule has 0 radical (unpaired) electrons. The molecule has 516 valence electrons. The van der Waals surface area contributed by atoms with Crippen LogP contribution in [0.15, 0.2) is 352 Å². The molecule has 4 nitrogen and oxygen atoms in total. The van der Waals surface area contributed by atoms with Crippen LogP contribution in [0, 0.1) is 0 Å². The van der Waals surface area contributed by atoms with Crippen LogP contribution in [0.25, 0.3) is 94.3 Å². The van der Waals surface area contributed by atoms with Gasteiger partial charge in [-0.1, -0.05) is 305 Å². The lowest BCUT2D eigenvalue weighted by atomic mass is 9.33. The van der Waals surface area contributed by atoms with Crippen molar-refractivity contribution in [1.82, 2.24) is 4.57 Å². The third-order valence-electron chi connectivity index (χ3n) is 22.1. The Balaban J connectivity index is 0.979. The number of benzene rings is 15. The summed E-state index contributed by atoms with van der Waals surface area (Å²) in [7, 11) is 0. The molecule has 0 bridgehead atoms. The first-order valence-corrected chi connectivity index (χ1v) is 37.7. The Morgan fingerprint density at radius 3 is 1.12 bits per heavy atom. The predicted octanol–water partition coefficient (Wildman–Crippen LogP) is 26.2. The van der Waals surface area contributed by atoms with Gasteiger partial charge in [-0.3, -0.25) is 0 Å². The van der Waals surface area contributed by atoms with Gasteiger partial charge in [0.05, 0.1) is 16.7 Å². The van der Waals surface area contributed by atoms with Crippen LogP contribution < -0.4 is 31.1 Å². The standard InChI is InChI=1S/C102H85BN4/c1-100(2,3)78-57-76(58-79(64-78)101(4,5)6)77-62-96-98-97(63-77)107(99-88(71-38-22-13-23-39-71)65-80(102(7,8)9)66-89(99)72-40-24-14-25-41-72)94-61-73(68-32-16-10-17-33-68)48-54-90(94)103(98)91-55-53-84(67-95(91)106(96)85-59-74(69-34-18-11-19-35-69)56-75(60-85)70-36-20-12-21-37-70)104(81-42-26-15-27-43-81)82-49-51-83(52-50-82)105-92-46-30-28-44-86(92)87-45-29-31-47-93(87)105/h10-67H,1-9H3. The van der Waals surface area contributed by atoms with Crippen molar-refractivity contribution in [3.8, 4) is 72.4 Å². The molecule has 2 aliphatic heterocycles. The molecule has 15 aromatic carbocycles. The molecule has 0 saturated heterocycles. The molecule has 1 aromatic heterocycles. The number of aromatic nitrogens is 1. The minimum Gasteiger partial charge on any atom is -0.311 e. The molecule has 5 heteroatoms. The maximum Gasteiger partial charge on any atom is 0.252 e. The Bertz CT molecular complexity index is 5840. The van der Waals surface area contributed by atoms with Gasteiger partial charge in [0.1, 0.15) is 0 Å². The molecular weight excluding hydrogens is 1290 g/mol. The molecule has 0 unspecified atom stereocenters. The van der Waals surface area contributed by atoms with E-state index in [1.165, 1.54) is 71.6 Å². The smallest absolute Gasteiger partial charge is 0.252 e. The van der Waals surface area contributed by atoms with Crippen molar-refractivity contribution in [2.24, 2.45) is 0 Å². The lowest BCUT2D eigenvalue weighted by Crippen LogP contribution is -2.61. The monoisotopic (exact) mass is 1380 g/mol. The van der Waals surface area contributed by atoms with E-state index < -0.39 is 0 Å². The van der Waals surface area contributed by atoms with Gasteiger partial charge in [0, 0.05) is 73.1 Å². The summed E-state index contributed by atoms with van der Waals surface area (Å²) >= 11 is 0. The second-order valence-corrected chi connectivity index (χ2v) is 32.2. The molecule has 0 atom stereocenters. The highest BCUT2D eigenvalue weighted by molar-refractivity contribution is 7.00. The van der Waals surface area contributed by atoms with Crippen molar-refractivity contribution >= 4 is 96.1 Å². The van der Waals surface area contributed by atoms with Crippen molar-refractivity contribution in [3.63, 3.8) is 0 Å². The van der Waals surface area contributed by atoms with Crippen LogP contribution in [-0.2, 0) is 16.2 Å². The first-order valence-electron chi connectivity index (χ1n) is 37.7. The highest BCUT2D eigenvalue weighted by Crippen LogP contribution is 2.54. The van der Waals surface area contributed by atoms with Crippen LogP contribution in [0.4, 0.5) is 51.2 Å². The van der Waals surface area contributed by atoms with Crippen LogP contribution >= 0.6 is 0 Å². The number of rotatable bonds is 12. The second-order valence-electron chi connectivity index (χ2n) is 32.2. The minimum atomic E-state index is -0.243. The molecule has 0 fully saturated rings. The van der Waals surface area contributed by atoms with Crippen LogP contribution in [-0.4, -0.2) is 11.3 Å². The fourth-order valence-corrected chi connectivity index (χ4v) is 16.6. The summed E-state index contributed by atoms with van der Waals surface area (Å²) in [5.74, 6) is 0. The zero-order valence-electron chi connectivity index (χ0n) is 62.4. The van der Waals surface area contributed by atoms with E-state index in [2.05, 4.69) is 433 Å². The fourth-order valence-electron chi connectivity index (χ4n) is 16.6. The van der Waals surface area contributed by atoms with Gasteiger partial charge in [0.15, 0.2) is 0 Å². The number of anilines is 9. The third kappa shape index (κ3) is 12.0. The van der Waals surface area contributed by atoms with Crippen molar-refractivity contribution in [1.29, 1.82) is 0 Å². The first-order chi connectivity index (χ1) is 52.0. The van der Waals surface area contributed by atoms with Gasteiger partial charge >= 0.3 is 0 Å². The van der Waals surface area contributed by atoms with Crippen LogP contribution in [0.5, 0.6) is 0 Å². The molecule has 0 N–H and O–H groups in total. The van der Waals surface area contributed by atoms with Gasteiger partial charge in [0.25, 0.3) is 6.71 Å². The van der Waals surface area contributed by atoms with E-state index in [9.17, 15) is 0 Å². The molecule has 16 aromatic rings. The van der Waals surface area contributed by atoms with E-state index in [0.29, 0.717) is 0 Å². The predicted molar refractivity (Wildman–Crippen MR) is 458 cm³/mol. The third-order valence-corrected chi connectivity index (χ3v) is 22.1. The van der Waals surface area contributed by atoms with Crippen molar-refractivity contribution in [2.45, 2.75) is 78.6 Å². The van der Waals surface area contributed by atoms with E-state index in [4.69, 9.17) is 0 Å².